The van der Waals surface area contributed by atoms with E-state index in [9.17, 15) is 9.59 Å². The molecule has 0 unspecified atom stereocenters. The summed E-state index contributed by atoms with van der Waals surface area (Å²) in [5, 5.41) is 3.01. The largest absolute Gasteiger partial charge is 0.457 e. The Bertz CT molecular complexity index is 539. The molecule has 0 saturated heterocycles. The number of rotatable bonds is 5. The van der Waals surface area contributed by atoms with Crippen LogP contribution >= 0.6 is 0 Å². The van der Waals surface area contributed by atoms with Crippen LogP contribution in [-0.2, 0) is 9.53 Å². The van der Waals surface area contributed by atoms with E-state index in [2.05, 4.69) is 12.2 Å². The first-order chi connectivity index (χ1) is 10.5. The summed E-state index contributed by atoms with van der Waals surface area (Å²) in [5.41, 5.74) is 0. The molecule has 1 N–H and O–H groups in total. The molecule has 5 nitrogen and oxygen atoms in total. The van der Waals surface area contributed by atoms with Crippen LogP contribution in [0, 0.1) is 17.8 Å². The summed E-state index contributed by atoms with van der Waals surface area (Å²) in [6, 6.07) is 3.26. The Balaban J connectivity index is 1.49. The van der Waals surface area contributed by atoms with Gasteiger partial charge >= 0.3 is 5.97 Å². The molecule has 22 heavy (non-hydrogen) atoms. The van der Waals surface area contributed by atoms with Crippen LogP contribution < -0.4 is 5.32 Å². The lowest BCUT2D eigenvalue weighted by molar-refractivity contribution is -0.130. The number of fused-ring (bicyclic) bond motifs is 2. The summed E-state index contributed by atoms with van der Waals surface area (Å²) in [6.45, 7) is 3.65. The van der Waals surface area contributed by atoms with Gasteiger partial charge < -0.3 is 14.5 Å². The van der Waals surface area contributed by atoms with E-state index in [1.54, 1.807) is 13.0 Å². The lowest BCUT2D eigenvalue weighted by atomic mass is 9.84. The zero-order valence-corrected chi connectivity index (χ0v) is 13.1. The standard InChI is InChI=1S/C17H23NO4/c1-10(14-9-12-5-6-13(14)8-12)18-16(19)11(2)22-17(20)15-4-3-7-21-15/h3-4,7,10-14H,5-6,8-9H2,1-2H3,(H,18,19)/t10-,11-,12-,13-,14+/m0/s1. The molecular weight excluding hydrogens is 282 g/mol. The molecule has 2 aliphatic rings. The van der Waals surface area contributed by atoms with Gasteiger partial charge in [-0.15, -0.1) is 0 Å². The van der Waals surface area contributed by atoms with Gasteiger partial charge in [0.15, 0.2) is 6.10 Å². The van der Waals surface area contributed by atoms with E-state index in [0.29, 0.717) is 5.92 Å². The molecule has 5 heteroatoms. The van der Waals surface area contributed by atoms with Crippen LogP contribution in [0.4, 0.5) is 0 Å². The van der Waals surface area contributed by atoms with E-state index in [1.807, 2.05) is 0 Å². The molecule has 1 amide bonds. The second kappa shape index (κ2) is 6.15. The Labute approximate surface area is 130 Å². The normalized spacial score (nSPS) is 29.1. The lowest BCUT2D eigenvalue weighted by Gasteiger charge is -2.29. The third kappa shape index (κ3) is 3.03. The Morgan fingerprint density at radius 3 is 2.73 bits per heavy atom. The molecule has 3 rings (SSSR count). The summed E-state index contributed by atoms with van der Waals surface area (Å²) in [5.74, 6) is 1.43. The summed E-state index contributed by atoms with van der Waals surface area (Å²) >= 11 is 0. The highest BCUT2D eigenvalue weighted by Gasteiger charge is 2.42. The van der Waals surface area contributed by atoms with E-state index >= 15 is 0 Å². The van der Waals surface area contributed by atoms with Gasteiger partial charge in [0.05, 0.1) is 6.26 Å². The number of esters is 1. The monoisotopic (exact) mass is 305 g/mol. The lowest BCUT2D eigenvalue weighted by Crippen LogP contribution is -2.45. The number of ether oxygens (including phenoxy) is 1. The van der Waals surface area contributed by atoms with Crippen LogP contribution in [0.2, 0.25) is 0 Å². The number of hydrogen-bond acceptors (Lipinski definition) is 4. The number of carbonyl (C=O) groups excluding carboxylic acids is 2. The maximum absolute atomic E-state index is 12.2. The minimum absolute atomic E-state index is 0.112. The third-order valence-corrected chi connectivity index (χ3v) is 5.18. The molecule has 1 aromatic heterocycles. The highest BCUT2D eigenvalue weighted by atomic mass is 16.6. The second-order valence-electron chi connectivity index (χ2n) is 6.66. The van der Waals surface area contributed by atoms with Gasteiger partial charge in [0.1, 0.15) is 0 Å². The van der Waals surface area contributed by atoms with Crippen molar-refractivity contribution in [2.45, 2.75) is 51.7 Å². The van der Waals surface area contributed by atoms with Gasteiger partial charge in [0.2, 0.25) is 5.76 Å². The van der Waals surface area contributed by atoms with E-state index < -0.39 is 12.1 Å². The fourth-order valence-corrected chi connectivity index (χ4v) is 4.02. The van der Waals surface area contributed by atoms with Crippen molar-refractivity contribution in [2.75, 3.05) is 0 Å². The van der Waals surface area contributed by atoms with Crippen molar-refractivity contribution >= 4 is 11.9 Å². The molecule has 0 radical (unpaired) electrons. The predicted molar refractivity (Wildman–Crippen MR) is 80.1 cm³/mol. The number of carbonyl (C=O) groups is 2. The zero-order valence-electron chi connectivity index (χ0n) is 13.1. The van der Waals surface area contributed by atoms with Crippen molar-refractivity contribution in [1.82, 2.24) is 5.32 Å². The van der Waals surface area contributed by atoms with Gasteiger partial charge in [-0.25, -0.2) is 4.79 Å². The van der Waals surface area contributed by atoms with Crippen LogP contribution in [0.1, 0.15) is 50.1 Å². The average molecular weight is 305 g/mol. The molecule has 1 aromatic rings. The van der Waals surface area contributed by atoms with Gasteiger partial charge in [0.25, 0.3) is 5.91 Å². The van der Waals surface area contributed by atoms with Crippen LogP contribution in [0.5, 0.6) is 0 Å². The molecule has 2 saturated carbocycles. The first-order valence-electron chi connectivity index (χ1n) is 8.09. The number of hydrogen-bond donors (Lipinski definition) is 1. The minimum atomic E-state index is -0.821. The maximum Gasteiger partial charge on any atom is 0.374 e. The van der Waals surface area contributed by atoms with Crippen molar-refractivity contribution in [1.29, 1.82) is 0 Å². The molecule has 1 heterocycles. The fourth-order valence-electron chi connectivity index (χ4n) is 4.02. The maximum atomic E-state index is 12.2. The van der Waals surface area contributed by atoms with Gasteiger partial charge in [0, 0.05) is 6.04 Å². The Morgan fingerprint density at radius 1 is 1.32 bits per heavy atom. The number of nitrogens with one attached hydrogen (secondary N) is 1. The first kappa shape index (κ1) is 15.1. The summed E-state index contributed by atoms with van der Waals surface area (Å²) in [7, 11) is 0. The first-order valence-corrected chi connectivity index (χ1v) is 8.09. The van der Waals surface area contributed by atoms with E-state index in [-0.39, 0.29) is 17.7 Å². The van der Waals surface area contributed by atoms with E-state index in [1.165, 1.54) is 38.0 Å². The Hall–Kier alpha value is -1.78. The molecule has 0 aromatic carbocycles. The Morgan fingerprint density at radius 2 is 2.14 bits per heavy atom. The van der Waals surface area contributed by atoms with E-state index in [0.717, 1.165) is 11.8 Å². The number of furan rings is 1. The SMILES string of the molecule is C[C@H](OC(=O)c1ccco1)C(=O)N[C@@H](C)[C@H]1C[C@H]2CC[C@H]1C2. The molecule has 0 aliphatic heterocycles. The Kier molecular flexibility index (Phi) is 4.23. The van der Waals surface area contributed by atoms with Crippen molar-refractivity contribution in [3.05, 3.63) is 24.2 Å². The van der Waals surface area contributed by atoms with Gasteiger partial charge in [-0.3, -0.25) is 4.79 Å². The van der Waals surface area contributed by atoms with Crippen LogP contribution in [0.15, 0.2) is 22.8 Å². The van der Waals surface area contributed by atoms with Crippen molar-refractivity contribution in [3.8, 4) is 0 Å². The topological polar surface area (TPSA) is 68.5 Å². The van der Waals surface area contributed by atoms with Gasteiger partial charge in [-0.05, 0) is 63.0 Å². The second-order valence-corrected chi connectivity index (χ2v) is 6.66. The molecule has 120 valence electrons. The number of amides is 1. The molecule has 2 fully saturated rings. The predicted octanol–water partition coefficient (Wildman–Crippen LogP) is 2.77. The molecule has 5 atom stereocenters. The third-order valence-electron chi connectivity index (χ3n) is 5.18. The van der Waals surface area contributed by atoms with Gasteiger partial charge in [-0.1, -0.05) is 6.42 Å². The minimum Gasteiger partial charge on any atom is -0.457 e. The van der Waals surface area contributed by atoms with E-state index in [4.69, 9.17) is 9.15 Å². The smallest absolute Gasteiger partial charge is 0.374 e. The molecule has 0 spiro atoms. The molecule has 2 bridgehead atoms. The van der Waals surface area contributed by atoms with Crippen molar-refractivity contribution in [3.63, 3.8) is 0 Å². The molecule has 2 aliphatic carbocycles. The summed E-state index contributed by atoms with van der Waals surface area (Å²) in [4.78, 5) is 24.0. The van der Waals surface area contributed by atoms with Crippen molar-refractivity contribution in [2.24, 2.45) is 17.8 Å². The average Bonchev–Trinajstić information content (AvgIpc) is 3.23. The van der Waals surface area contributed by atoms with Gasteiger partial charge in [-0.2, -0.15) is 0 Å². The highest BCUT2D eigenvalue weighted by molar-refractivity contribution is 5.90. The zero-order chi connectivity index (χ0) is 15.7. The van der Waals surface area contributed by atoms with Crippen molar-refractivity contribution < 1.29 is 18.7 Å². The molecular formula is C17H23NO4. The highest BCUT2D eigenvalue weighted by Crippen LogP contribution is 2.49. The van der Waals surface area contributed by atoms with Crippen LogP contribution in [-0.4, -0.2) is 24.0 Å². The summed E-state index contributed by atoms with van der Waals surface area (Å²) < 4.78 is 10.1. The van der Waals surface area contributed by atoms with Crippen LogP contribution in [0.25, 0.3) is 0 Å². The van der Waals surface area contributed by atoms with Crippen LogP contribution in [0.3, 0.4) is 0 Å². The summed E-state index contributed by atoms with van der Waals surface area (Å²) in [6.07, 6.45) is 5.75. The quantitative estimate of drug-likeness (QED) is 0.849. The fraction of sp³-hybridized carbons (Fsp3) is 0.647.